The van der Waals surface area contributed by atoms with E-state index in [1.807, 2.05) is 42.5 Å². The van der Waals surface area contributed by atoms with E-state index in [1.54, 1.807) is 17.4 Å². The van der Waals surface area contributed by atoms with E-state index in [9.17, 15) is 4.79 Å². The third kappa shape index (κ3) is 5.41. The van der Waals surface area contributed by atoms with Gasteiger partial charge in [0.2, 0.25) is 0 Å². The molecule has 0 saturated carbocycles. The molecule has 4 rings (SSSR count). The number of halogens is 1. The number of carboxylic acid groups (broad SMARTS) is 1. The lowest BCUT2D eigenvalue weighted by Gasteiger charge is -2.44. The third-order valence-electron chi connectivity index (χ3n) is 5.61. The number of rotatable bonds is 7. The highest BCUT2D eigenvalue weighted by atomic mass is 35.5. The van der Waals surface area contributed by atoms with Crippen LogP contribution in [0.2, 0.25) is 5.02 Å². The van der Waals surface area contributed by atoms with Gasteiger partial charge in [0.25, 0.3) is 0 Å². The highest BCUT2D eigenvalue weighted by Crippen LogP contribution is 2.32. The van der Waals surface area contributed by atoms with Crippen LogP contribution < -0.4 is 9.64 Å². The zero-order chi connectivity index (χ0) is 22.7. The van der Waals surface area contributed by atoms with Crippen LogP contribution in [0.1, 0.15) is 19.4 Å². The molecule has 1 aromatic heterocycles. The predicted molar refractivity (Wildman–Crippen MR) is 131 cm³/mol. The number of aromatic nitrogens is 1. The van der Waals surface area contributed by atoms with Gasteiger partial charge in [0.15, 0.2) is 5.13 Å². The zero-order valence-corrected chi connectivity index (χ0v) is 19.6. The summed E-state index contributed by atoms with van der Waals surface area (Å²) in [6.45, 7) is 7.69. The van der Waals surface area contributed by atoms with Gasteiger partial charge in [-0.15, -0.1) is 0 Å². The minimum Gasteiger partial charge on any atom is -0.492 e. The van der Waals surface area contributed by atoms with Crippen molar-refractivity contribution < 1.29 is 14.6 Å². The van der Waals surface area contributed by atoms with Crippen molar-refractivity contribution >= 4 is 50.3 Å². The van der Waals surface area contributed by atoms with Crippen molar-refractivity contribution in [2.24, 2.45) is 0 Å². The summed E-state index contributed by atoms with van der Waals surface area (Å²) in [5.74, 6) is -0.224. The second kappa shape index (κ2) is 9.90. The number of hydrogen-bond acceptors (Lipinski definition) is 6. The molecule has 1 aliphatic rings. The van der Waals surface area contributed by atoms with Gasteiger partial charge in [0.05, 0.1) is 10.2 Å². The van der Waals surface area contributed by atoms with Gasteiger partial charge >= 0.3 is 5.97 Å². The maximum atomic E-state index is 10.7. The number of carbonyl (C=O) groups is 1. The topological polar surface area (TPSA) is 65.9 Å². The normalized spacial score (nSPS) is 19.7. The number of fused-ring (bicyclic) bond motifs is 1. The Bertz CT molecular complexity index is 1120. The van der Waals surface area contributed by atoms with Gasteiger partial charge in [-0.25, -0.2) is 9.78 Å². The Kier molecular flexibility index (Phi) is 6.98. The van der Waals surface area contributed by atoms with E-state index in [-0.39, 0.29) is 0 Å². The standard InChI is InChI=1S/C24H26ClN3O3S/c1-16-14-27(24-26-21-8-7-19(25)13-22(21)32-24)15-17(2)28(16)10-11-31-20-5-3-4-18(12-20)6-9-23(29)30/h3-9,12-13,16-17H,10-11,14-15H2,1-2H3,(H,29,30)/b9-6+/t16-,17+. The van der Waals surface area contributed by atoms with Crippen molar-refractivity contribution in [1.82, 2.24) is 9.88 Å². The molecule has 1 aliphatic heterocycles. The monoisotopic (exact) mass is 471 g/mol. The zero-order valence-electron chi connectivity index (χ0n) is 18.1. The SMILES string of the molecule is C[C@@H]1CN(c2nc3ccc(Cl)cc3s2)C[C@H](C)N1CCOc1cccc(/C=C/C(=O)O)c1. The molecular formula is C24H26ClN3O3S. The molecule has 0 bridgehead atoms. The molecule has 0 amide bonds. The first-order chi connectivity index (χ1) is 15.4. The molecule has 1 saturated heterocycles. The second-order valence-corrected chi connectivity index (χ2v) is 9.49. The number of piperazine rings is 1. The summed E-state index contributed by atoms with van der Waals surface area (Å²) >= 11 is 7.82. The van der Waals surface area contributed by atoms with Crippen LogP contribution in [0.3, 0.4) is 0 Å². The molecule has 6 nitrogen and oxygen atoms in total. The Hall–Kier alpha value is -2.61. The summed E-state index contributed by atoms with van der Waals surface area (Å²) in [4.78, 5) is 20.3. The number of benzene rings is 2. The third-order valence-corrected chi connectivity index (χ3v) is 6.92. The quantitative estimate of drug-likeness (QED) is 0.488. The maximum Gasteiger partial charge on any atom is 0.328 e. The van der Waals surface area contributed by atoms with Gasteiger partial charge in [-0.2, -0.15) is 0 Å². The molecule has 0 radical (unpaired) electrons. The summed E-state index contributed by atoms with van der Waals surface area (Å²) in [6.07, 6.45) is 2.69. The molecule has 0 spiro atoms. The van der Waals surface area contributed by atoms with Crippen LogP contribution in [-0.2, 0) is 4.79 Å². The fraction of sp³-hybridized carbons (Fsp3) is 0.333. The highest BCUT2D eigenvalue weighted by Gasteiger charge is 2.30. The van der Waals surface area contributed by atoms with E-state index in [4.69, 9.17) is 26.4 Å². The largest absolute Gasteiger partial charge is 0.492 e. The number of carboxylic acids is 1. The van der Waals surface area contributed by atoms with Gasteiger partial charge in [-0.3, -0.25) is 4.90 Å². The summed E-state index contributed by atoms with van der Waals surface area (Å²) < 4.78 is 7.07. The van der Waals surface area contributed by atoms with Crippen molar-refractivity contribution in [3.05, 3.63) is 59.1 Å². The Balaban J connectivity index is 1.34. The fourth-order valence-corrected chi connectivity index (χ4v) is 5.38. The average molecular weight is 472 g/mol. The van der Waals surface area contributed by atoms with Crippen molar-refractivity contribution in [2.45, 2.75) is 25.9 Å². The first-order valence-electron chi connectivity index (χ1n) is 10.6. The van der Waals surface area contributed by atoms with E-state index in [0.29, 0.717) is 18.7 Å². The lowest BCUT2D eigenvalue weighted by molar-refractivity contribution is -0.131. The molecule has 0 unspecified atom stereocenters. The molecule has 2 heterocycles. The summed E-state index contributed by atoms with van der Waals surface area (Å²) in [6, 6.07) is 14.0. The molecule has 1 fully saturated rings. The minimum atomic E-state index is -0.965. The first kappa shape index (κ1) is 22.6. The van der Waals surface area contributed by atoms with Crippen LogP contribution in [0.15, 0.2) is 48.5 Å². The molecule has 2 aromatic carbocycles. The molecule has 2 atom stereocenters. The fourth-order valence-electron chi connectivity index (χ4n) is 4.12. The second-order valence-electron chi connectivity index (χ2n) is 8.04. The van der Waals surface area contributed by atoms with Crippen molar-refractivity contribution in [2.75, 3.05) is 31.1 Å². The maximum absolute atomic E-state index is 10.7. The number of nitrogens with zero attached hydrogens (tertiary/aromatic N) is 3. The summed E-state index contributed by atoms with van der Waals surface area (Å²) in [5, 5.41) is 10.6. The first-order valence-corrected chi connectivity index (χ1v) is 11.8. The molecule has 32 heavy (non-hydrogen) atoms. The molecule has 3 aromatic rings. The van der Waals surface area contributed by atoms with Crippen LogP contribution in [0.4, 0.5) is 5.13 Å². The Morgan fingerprint density at radius 1 is 1.25 bits per heavy atom. The number of aliphatic carboxylic acids is 1. The lowest BCUT2D eigenvalue weighted by Crippen LogP contribution is -2.57. The average Bonchev–Trinajstić information content (AvgIpc) is 3.17. The number of ether oxygens (including phenoxy) is 1. The van der Waals surface area contributed by atoms with Gasteiger partial charge in [0.1, 0.15) is 12.4 Å². The molecule has 168 valence electrons. The van der Waals surface area contributed by atoms with Crippen LogP contribution >= 0.6 is 22.9 Å². The minimum absolute atomic E-state index is 0.364. The lowest BCUT2D eigenvalue weighted by atomic mass is 10.1. The van der Waals surface area contributed by atoms with Crippen molar-refractivity contribution in [1.29, 1.82) is 0 Å². The van der Waals surface area contributed by atoms with Crippen molar-refractivity contribution in [3.63, 3.8) is 0 Å². The van der Waals surface area contributed by atoms with Gasteiger partial charge in [-0.05, 0) is 55.8 Å². The van der Waals surface area contributed by atoms with E-state index in [1.165, 1.54) is 0 Å². The van der Waals surface area contributed by atoms with E-state index in [2.05, 4.69) is 23.6 Å². The molecule has 1 N–H and O–H groups in total. The summed E-state index contributed by atoms with van der Waals surface area (Å²) in [7, 11) is 0. The molecule has 0 aliphatic carbocycles. The van der Waals surface area contributed by atoms with Gasteiger partial charge in [-0.1, -0.05) is 35.1 Å². The van der Waals surface area contributed by atoms with Gasteiger partial charge < -0.3 is 14.7 Å². The van der Waals surface area contributed by atoms with Crippen molar-refractivity contribution in [3.8, 4) is 5.75 Å². The molecular weight excluding hydrogens is 446 g/mol. The Morgan fingerprint density at radius 2 is 2.03 bits per heavy atom. The van der Waals surface area contributed by atoms with Crippen LogP contribution in [-0.4, -0.2) is 59.3 Å². The van der Waals surface area contributed by atoms with Crippen LogP contribution in [0.25, 0.3) is 16.3 Å². The van der Waals surface area contributed by atoms with Gasteiger partial charge in [0, 0.05) is 42.8 Å². The molecule has 8 heteroatoms. The highest BCUT2D eigenvalue weighted by molar-refractivity contribution is 7.22. The van der Waals surface area contributed by atoms with Crippen LogP contribution in [0.5, 0.6) is 5.75 Å². The van der Waals surface area contributed by atoms with E-state index < -0.39 is 5.97 Å². The van der Waals surface area contributed by atoms with E-state index in [0.717, 1.165) is 57.4 Å². The number of anilines is 1. The predicted octanol–water partition coefficient (Wildman–Crippen LogP) is 5.03. The Labute approximate surface area is 196 Å². The smallest absolute Gasteiger partial charge is 0.328 e. The number of hydrogen-bond donors (Lipinski definition) is 1. The van der Waals surface area contributed by atoms with Crippen LogP contribution in [0, 0.1) is 0 Å². The van der Waals surface area contributed by atoms with E-state index >= 15 is 0 Å². The summed E-state index contributed by atoms with van der Waals surface area (Å²) in [5.41, 5.74) is 1.79. The number of thiazole rings is 1. The Morgan fingerprint density at radius 3 is 2.78 bits per heavy atom.